The number of hydrogen-bond acceptors (Lipinski definition) is 2. The van der Waals surface area contributed by atoms with Gasteiger partial charge >= 0.3 is 0 Å². The Balaban J connectivity index is 2.21. The lowest BCUT2D eigenvalue weighted by Gasteiger charge is -2.12. The van der Waals surface area contributed by atoms with Crippen molar-refractivity contribution in [3.8, 4) is 0 Å². The monoisotopic (exact) mass is 268 g/mol. The normalized spacial score (nSPS) is 12.7. The average molecular weight is 269 g/mol. The topological polar surface area (TPSA) is 38.0 Å². The van der Waals surface area contributed by atoms with Crippen LogP contribution in [0.3, 0.4) is 0 Å². The van der Waals surface area contributed by atoms with Crippen LogP contribution >= 0.6 is 11.6 Å². The van der Waals surface area contributed by atoms with Gasteiger partial charge in [-0.3, -0.25) is 4.68 Å². The molecule has 18 heavy (non-hydrogen) atoms. The molecule has 1 N–H and O–H groups in total. The Morgan fingerprint density at radius 1 is 1.44 bits per heavy atom. The van der Waals surface area contributed by atoms with Crippen molar-refractivity contribution < 1.29 is 9.50 Å². The van der Waals surface area contributed by atoms with Crippen molar-refractivity contribution in [2.45, 2.75) is 19.4 Å². The lowest BCUT2D eigenvalue weighted by Crippen LogP contribution is -2.08. The maximum atomic E-state index is 13.6. The van der Waals surface area contributed by atoms with Crippen molar-refractivity contribution in [1.82, 2.24) is 9.78 Å². The van der Waals surface area contributed by atoms with E-state index in [0.717, 1.165) is 11.4 Å². The summed E-state index contributed by atoms with van der Waals surface area (Å²) in [5.41, 5.74) is 1.98. The van der Waals surface area contributed by atoms with Crippen LogP contribution in [-0.2, 0) is 13.5 Å². The molecule has 2 rings (SSSR count). The molecule has 0 amide bonds. The minimum absolute atomic E-state index is 0.248. The van der Waals surface area contributed by atoms with E-state index in [9.17, 15) is 9.50 Å². The highest BCUT2D eigenvalue weighted by Gasteiger charge is 2.15. The predicted molar refractivity (Wildman–Crippen MR) is 68.0 cm³/mol. The Morgan fingerprint density at radius 3 is 2.72 bits per heavy atom. The van der Waals surface area contributed by atoms with Crippen molar-refractivity contribution in [3.05, 3.63) is 52.1 Å². The van der Waals surface area contributed by atoms with Crippen molar-refractivity contribution in [1.29, 1.82) is 0 Å². The van der Waals surface area contributed by atoms with Crippen molar-refractivity contribution in [2.75, 3.05) is 0 Å². The summed E-state index contributed by atoms with van der Waals surface area (Å²) in [7, 11) is 1.80. The second-order valence-corrected chi connectivity index (χ2v) is 4.72. The number of hydrogen-bond donors (Lipinski definition) is 1. The molecule has 2 aromatic rings. The molecule has 1 aromatic heterocycles. The molecule has 5 heteroatoms. The van der Waals surface area contributed by atoms with Gasteiger partial charge in [0.25, 0.3) is 0 Å². The van der Waals surface area contributed by atoms with Gasteiger partial charge in [0.2, 0.25) is 0 Å². The third kappa shape index (κ3) is 2.71. The summed E-state index contributed by atoms with van der Waals surface area (Å²) in [5, 5.41) is 14.6. The number of aromatic nitrogens is 2. The number of nitrogens with zero attached hydrogens (tertiary/aromatic N) is 2. The minimum Gasteiger partial charge on any atom is -0.388 e. The van der Waals surface area contributed by atoms with Crippen LogP contribution in [0, 0.1) is 12.7 Å². The van der Waals surface area contributed by atoms with Gasteiger partial charge < -0.3 is 5.11 Å². The predicted octanol–water partition coefficient (Wildman–Crippen LogP) is 2.80. The fraction of sp³-hybridized carbons (Fsp3) is 0.308. The summed E-state index contributed by atoms with van der Waals surface area (Å²) in [5.74, 6) is -0.492. The van der Waals surface area contributed by atoms with Crippen molar-refractivity contribution >= 4 is 11.6 Å². The molecule has 0 fully saturated rings. The van der Waals surface area contributed by atoms with Gasteiger partial charge in [0.1, 0.15) is 5.82 Å². The zero-order valence-corrected chi connectivity index (χ0v) is 10.9. The SMILES string of the molecule is Cc1cc(CC(O)c2ccc(Cl)cc2F)n(C)n1. The molecule has 3 nitrogen and oxygen atoms in total. The quantitative estimate of drug-likeness (QED) is 0.930. The zero-order chi connectivity index (χ0) is 13.3. The molecule has 96 valence electrons. The molecule has 0 aliphatic carbocycles. The highest BCUT2D eigenvalue weighted by Crippen LogP contribution is 2.23. The Bertz CT molecular complexity index is 568. The molecule has 0 aliphatic heterocycles. The van der Waals surface area contributed by atoms with E-state index >= 15 is 0 Å². The fourth-order valence-electron chi connectivity index (χ4n) is 1.94. The number of aryl methyl sites for hydroxylation is 2. The van der Waals surface area contributed by atoms with Crippen LogP contribution in [0.2, 0.25) is 5.02 Å². The maximum Gasteiger partial charge on any atom is 0.130 e. The van der Waals surface area contributed by atoms with Gasteiger partial charge in [-0.1, -0.05) is 17.7 Å². The van der Waals surface area contributed by atoms with Crippen LogP contribution in [0.1, 0.15) is 23.1 Å². The van der Waals surface area contributed by atoms with Crippen LogP contribution in [-0.4, -0.2) is 14.9 Å². The molecule has 0 radical (unpaired) electrons. The van der Waals surface area contributed by atoms with E-state index in [-0.39, 0.29) is 5.56 Å². The molecule has 1 unspecified atom stereocenters. The van der Waals surface area contributed by atoms with Crippen LogP contribution < -0.4 is 0 Å². The molecule has 0 spiro atoms. The van der Waals surface area contributed by atoms with E-state index in [4.69, 9.17) is 11.6 Å². The van der Waals surface area contributed by atoms with Gasteiger partial charge in [-0.2, -0.15) is 5.10 Å². The number of halogens is 2. The van der Waals surface area contributed by atoms with Crippen LogP contribution in [0.25, 0.3) is 0 Å². The number of aliphatic hydroxyl groups excluding tert-OH is 1. The maximum absolute atomic E-state index is 13.6. The fourth-order valence-corrected chi connectivity index (χ4v) is 2.09. The molecule has 1 heterocycles. The first kappa shape index (κ1) is 13.1. The van der Waals surface area contributed by atoms with Crippen LogP contribution in [0.4, 0.5) is 4.39 Å². The molecule has 0 aliphatic rings. The number of benzene rings is 1. The largest absolute Gasteiger partial charge is 0.388 e. The summed E-state index contributed by atoms with van der Waals surface area (Å²) in [6.45, 7) is 1.87. The Kier molecular flexibility index (Phi) is 3.68. The molecule has 0 saturated heterocycles. The van der Waals surface area contributed by atoms with Gasteiger partial charge in [0.15, 0.2) is 0 Å². The highest BCUT2D eigenvalue weighted by molar-refractivity contribution is 6.30. The van der Waals surface area contributed by atoms with Crippen LogP contribution in [0.5, 0.6) is 0 Å². The van der Waals surface area contributed by atoms with Crippen LogP contribution in [0.15, 0.2) is 24.3 Å². The second kappa shape index (κ2) is 5.08. The lowest BCUT2D eigenvalue weighted by molar-refractivity contribution is 0.171. The third-order valence-corrected chi connectivity index (χ3v) is 3.06. The summed E-state index contributed by atoms with van der Waals surface area (Å²) in [6.07, 6.45) is -0.590. The highest BCUT2D eigenvalue weighted by atomic mass is 35.5. The molecule has 1 aromatic carbocycles. The Hall–Kier alpha value is -1.39. The standard InChI is InChI=1S/C13H14ClFN2O/c1-8-5-10(17(2)16-8)7-13(18)11-4-3-9(14)6-12(11)15/h3-6,13,18H,7H2,1-2H3. The third-order valence-electron chi connectivity index (χ3n) is 2.82. The smallest absolute Gasteiger partial charge is 0.130 e. The van der Waals surface area contributed by atoms with Crippen molar-refractivity contribution in [3.63, 3.8) is 0 Å². The summed E-state index contributed by atoms with van der Waals surface area (Å²) < 4.78 is 15.3. The minimum atomic E-state index is -0.905. The number of aliphatic hydroxyl groups is 1. The Morgan fingerprint density at radius 2 is 2.17 bits per heavy atom. The van der Waals surface area contributed by atoms with Gasteiger partial charge in [-0.05, 0) is 25.1 Å². The van der Waals surface area contributed by atoms with E-state index < -0.39 is 11.9 Å². The lowest BCUT2D eigenvalue weighted by atomic mass is 10.0. The van der Waals surface area contributed by atoms with Gasteiger partial charge in [0, 0.05) is 29.7 Å². The van der Waals surface area contributed by atoms with Gasteiger partial charge in [-0.25, -0.2) is 4.39 Å². The van der Waals surface area contributed by atoms with Gasteiger partial charge in [0.05, 0.1) is 11.8 Å². The molecule has 0 bridgehead atoms. The summed E-state index contributed by atoms with van der Waals surface area (Å²) in [6, 6.07) is 6.15. The van der Waals surface area contributed by atoms with E-state index in [1.165, 1.54) is 12.1 Å². The average Bonchev–Trinajstić information content (AvgIpc) is 2.57. The first-order valence-electron chi connectivity index (χ1n) is 5.60. The molecular weight excluding hydrogens is 255 g/mol. The zero-order valence-electron chi connectivity index (χ0n) is 10.2. The number of rotatable bonds is 3. The summed E-state index contributed by atoms with van der Waals surface area (Å²) in [4.78, 5) is 0. The molecular formula is C13H14ClFN2O. The van der Waals surface area contributed by atoms with E-state index in [0.29, 0.717) is 11.4 Å². The summed E-state index contributed by atoms with van der Waals surface area (Å²) >= 11 is 5.67. The first-order valence-corrected chi connectivity index (χ1v) is 5.97. The second-order valence-electron chi connectivity index (χ2n) is 4.29. The van der Waals surface area contributed by atoms with E-state index in [1.807, 2.05) is 13.0 Å². The van der Waals surface area contributed by atoms with Crippen molar-refractivity contribution in [2.24, 2.45) is 7.05 Å². The molecule has 1 atom stereocenters. The van der Waals surface area contributed by atoms with E-state index in [2.05, 4.69) is 5.10 Å². The first-order chi connectivity index (χ1) is 8.47. The molecule has 0 saturated carbocycles. The van der Waals surface area contributed by atoms with Gasteiger partial charge in [-0.15, -0.1) is 0 Å². The Labute approximate surface area is 110 Å². The van der Waals surface area contributed by atoms with E-state index in [1.54, 1.807) is 17.8 Å².